The van der Waals surface area contributed by atoms with Gasteiger partial charge in [0.1, 0.15) is 11.9 Å². The number of nitrogens with zero attached hydrogens (tertiary/aromatic N) is 5. The fraction of sp³-hybridized carbons (Fsp3) is 0.286. The lowest BCUT2D eigenvalue weighted by molar-refractivity contribution is -0.124. The van der Waals surface area contributed by atoms with Crippen molar-refractivity contribution in [1.29, 1.82) is 0 Å². The van der Waals surface area contributed by atoms with Crippen molar-refractivity contribution in [2.75, 3.05) is 11.1 Å². The van der Waals surface area contributed by atoms with E-state index in [1.54, 1.807) is 29.2 Å². The van der Waals surface area contributed by atoms with Crippen LogP contribution in [-0.4, -0.2) is 36.5 Å². The number of hydrogen-bond donors (Lipinski definition) is 3. The average Bonchev–Trinajstić information content (AvgIpc) is 3.36. The first-order chi connectivity index (χ1) is 18.5. The summed E-state index contributed by atoms with van der Waals surface area (Å²) in [6.45, 7) is 2.16. The maximum absolute atomic E-state index is 13.6. The molecule has 0 aromatic carbocycles. The van der Waals surface area contributed by atoms with Gasteiger partial charge in [-0.1, -0.05) is 18.2 Å². The predicted octanol–water partition coefficient (Wildman–Crippen LogP) is 2.39. The van der Waals surface area contributed by atoms with Crippen LogP contribution in [0.5, 0.6) is 0 Å². The van der Waals surface area contributed by atoms with E-state index >= 15 is 0 Å². The first-order valence-corrected chi connectivity index (χ1v) is 12.6. The molecule has 0 radical (unpaired) electrons. The summed E-state index contributed by atoms with van der Waals surface area (Å²) < 4.78 is 1.57. The van der Waals surface area contributed by atoms with E-state index in [2.05, 4.69) is 30.6 Å². The van der Waals surface area contributed by atoms with Crippen molar-refractivity contribution in [2.24, 2.45) is 0 Å². The zero-order valence-corrected chi connectivity index (χ0v) is 21.2. The third-order valence-electron chi connectivity index (χ3n) is 6.74. The Bertz CT molecular complexity index is 1430. The van der Waals surface area contributed by atoms with Crippen LogP contribution in [0.15, 0.2) is 71.9 Å². The van der Waals surface area contributed by atoms with Gasteiger partial charge in [-0.25, -0.2) is 9.97 Å². The zero-order chi connectivity index (χ0) is 26.5. The molecule has 0 unspecified atom stereocenters. The van der Waals surface area contributed by atoms with Crippen molar-refractivity contribution in [3.63, 3.8) is 0 Å². The minimum Gasteiger partial charge on any atom is -0.384 e. The summed E-state index contributed by atoms with van der Waals surface area (Å²) in [5.41, 5.74) is 9.60. The van der Waals surface area contributed by atoms with Gasteiger partial charge in [0, 0.05) is 66.8 Å². The highest BCUT2D eigenvalue weighted by molar-refractivity contribution is 5.81. The maximum Gasteiger partial charge on any atom is 0.294 e. The molecule has 4 aromatic rings. The summed E-state index contributed by atoms with van der Waals surface area (Å²) in [5.74, 6) is 0.437. The predicted molar refractivity (Wildman–Crippen MR) is 144 cm³/mol. The number of rotatable bonds is 9. The molecule has 10 heteroatoms. The third-order valence-corrected chi connectivity index (χ3v) is 6.74. The third kappa shape index (κ3) is 5.69. The van der Waals surface area contributed by atoms with Crippen molar-refractivity contribution in [2.45, 2.75) is 51.2 Å². The second-order valence-electron chi connectivity index (χ2n) is 9.42. The van der Waals surface area contributed by atoms with Crippen molar-refractivity contribution in [3.05, 3.63) is 106 Å². The van der Waals surface area contributed by atoms with Crippen LogP contribution in [0.25, 0.3) is 0 Å². The first kappa shape index (κ1) is 25.1. The van der Waals surface area contributed by atoms with E-state index in [9.17, 15) is 9.59 Å². The van der Waals surface area contributed by atoms with E-state index in [0.717, 1.165) is 28.3 Å². The molecule has 4 aromatic heterocycles. The Kier molecular flexibility index (Phi) is 7.39. The Labute approximate surface area is 220 Å². The van der Waals surface area contributed by atoms with Crippen LogP contribution < -0.4 is 21.9 Å². The summed E-state index contributed by atoms with van der Waals surface area (Å²) in [6, 6.07) is 14.3. The van der Waals surface area contributed by atoms with Crippen molar-refractivity contribution in [1.82, 2.24) is 29.8 Å². The van der Waals surface area contributed by atoms with Crippen LogP contribution in [0.4, 0.5) is 11.6 Å². The molecule has 38 heavy (non-hydrogen) atoms. The smallest absolute Gasteiger partial charge is 0.294 e. The lowest BCUT2D eigenvalue weighted by Gasteiger charge is -2.20. The highest BCUT2D eigenvalue weighted by atomic mass is 16.2. The highest BCUT2D eigenvalue weighted by Gasteiger charge is 2.31. The number of pyridine rings is 3. The summed E-state index contributed by atoms with van der Waals surface area (Å²) >= 11 is 0. The number of carbonyl (C=O) groups excluding carboxylic acids is 1. The van der Waals surface area contributed by atoms with E-state index in [1.165, 1.54) is 0 Å². The summed E-state index contributed by atoms with van der Waals surface area (Å²) in [6.07, 6.45) is 7.49. The lowest BCUT2D eigenvalue weighted by Crippen LogP contribution is -2.38. The molecule has 0 spiro atoms. The molecule has 0 saturated carbocycles. The lowest BCUT2D eigenvalue weighted by atomic mass is 10.0. The van der Waals surface area contributed by atoms with E-state index in [0.29, 0.717) is 38.0 Å². The monoisotopic (exact) mass is 510 g/mol. The molecule has 10 nitrogen and oxygen atoms in total. The number of nitrogens with two attached hydrogens (primary N) is 1. The van der Waals surface area contributed by atoms with Gasteiger partial charge in [0.2, 0.25) is 5.91 Å². The largest absolute Gasteiger partial charge is 0.384 e. The molecule has 194 valence electrons. The minimum atomic E-state index is -0.604. The number of nitrogen functional groups attached to an aromatic ring is 1. The summed E-state index contributed by atoms with van der Waals surface area (Å²) in [4.78, 5) is 44.3. The highest BCUT2D eigenvalue weighted by Crippen LogP contribution is 2.24. The molecule has 1 aliphatic heterocycles. The molecule has 1 atom stereocenters. The van der Waals surface area contributed by atoms with Gasteiger partial charge in [-0.05, 0) is 55.7 Å². The zero-order valence-electron chi connectivity index (χ0n) is 21.2. The van der Waals surface area contributed by atoms with E-state index in [-0.39, 0.29) is 23.3 Å². The van der Waals surface area contributed by atoms with E-state index in [4.69, 9.17) is 5.73 Å². The van der Waals surface area contributed by atoms with Gasteiger partial charge in [0.25, 0.3) is 5.56 Å². The van der Waals surface area contributed by atoms with Gasteiger partial charge in [-0.2, -0.15) is 0 Å². The number of anilines is 2. The fourth-order valence-corrected chi connectivity index (χ4v) is 4.80. The second kappa shape index (κ2) is 11.2. The SMILES string of the molecule is Cc1nc(N)ccc1CNC(=O)[C@@H]1CCc2cnc(NC(Cc3ccccn3)Cc3ccccn3)c(=O)n21. The standard InChI is InChI=1S/C28H30N8O2/c1-18-19(8-11-25(29)34-18)16-33-27(37)24-10-9-23-17-32-26(28(38)36(23)24)35-22(14-20-6-2-4-12-30-20)15-21-7-3-5-13-31-21/h2-8,11-13,17,22,24H,9-10,14-16H2,1H3,(H2,29,34)(H,32,35)(H,33,37)/t24-/m0/s1. The Morgan fingerprint density at radius 3 is 2.39 bits per heavy atom. The Balaban J connectivity index is 1.35. The molecule has 0 aliphatic carbocycles. The van der Waals surface area contributed by atoms with Crippen LogP contribution in [0.2, 0.25) is 0 Å². The average molecular weight is 511 g/mol. The normalized spacial score (nSPS) is 14.3. The van der Waals surface area contributed by atoms with Gasteiger partial charge < -0.3 is 16.4 Å². The van der Waals surface area contributed by atoms with Gasteiger partial charge in [0.15, 0.2) is 5.82 Å². The van der Waals surface area contributed by atoms with Gasteiger partial charge in [-0.3, -0.25) is 24.1 Å². The topological polar surface area (TPSA) is 141 Å². The number of carbonyl (C=O) groups is 1. The minimum absolute atomic E-state index is 0.173. The van der Waals surface area contributed by atoms with E-state index in [1.807, 2.05) is 49.4 Å². The molecule has 0 bridgehead atoms. The van der Waals surface area contributed by atoms with Crippen LogP contribution in [-0.2, 0) is 30.6 Å². The van der Waals surface area contributed by atoms with Crippen LogP contribution >= 0.6 is 0 Å². The molecule has 1 amide bonds. The van der Waals surface area contributed by atoms with Crippen LogP contribution in [0, 0.1) is 6.92 Å². The number of amides is 1. The molecule has 5 rings (SSSR count). The Morgan fingerprint density at radius 2 is 1.76 bits per heavy atom. The molecule has 5 heterocycles. The van der Waals surface area contributed by atoms with Gasteiger partial charge >= 0.3 is 0 Å². The quantitative estimate of drug-likeness (QED) is 0.312. The summed E-state index contributed by atoms with van der Waals surface area (Å²) in [5, 5.41) is 6.29. The summed E-state index contributed by atoms with van der Waals surface area (Å²) in [7, 11) is 0. The first-order valence-electron chi connectivity index (χ1n) is 12.6. The molecule has 0 fully saturated rings. The van der Waals surface area contributed by atoms with Crippen LogP contribution in [0.1, 0.15) is 40.8 Å². The number of fused-ring (bicyclic) bond motifs is 1. The second-order valence-corrected chi connectivity index (χ2v) is 9.42. The Morgan fingerprint density at radius 1 is 1.05 bits per heavy atom. The number of aromatic nitrogens is 5. The van der Waals surface area contributed by atoms with Gasteiger partial charge in [-0.15, -0.1) is 0 Å². The molecule has 4 N–H and O–H groups in total. The van der Waals surface area contributed by atoms with Crippen LogP contribution in [0.3, 0.4) is 0 Å². The maximum atomic E-state index is 13.6. The molecule has 1 aliphatic rings. The number of nitrogens with one attached hydrogen (secondary N) is 2. The molecular weight excluding hydrogens is 480 g/mol. The number of hydrogen-bond acceptors (Lipinski definition) is 8. The number of aryl methyl sites for hydroxylation is 2. The van der Waals surface area contributed by atoms with E-state index < -0.39 is 6.04 Å². The Hall–Kier alpha value is -4.60. The van der Waals surface area contributed by atoms with Crippen molar-refractivity contribution >= 4 is 17.5 Å². The molecular formula is C28H30N8O2. The molecule has 0 saturated heterocycles. The van der Waals surface area contributed by atoms with Crippen molar-refractivity contribution < 1.29 is 4.79 Å². The van der Waals surface area contributed by atoms with Gasteiger partial charge in [0.05, 0.1) is 0 Å². The fourth-order valence-electron chi connectivity index (χ4n) is 4.80. The van der Waals surface area contributed by atoms with Crippen molar-refractivity contribution in [3.8, 4) is 0 Å².